The van der Waals surface area contributed by atoms with E-state index < -0.39 is 5.60 Å². The molecule has 104 valence electrons. The van der Waals surface area contributed by atoms with E-state index in [-0.39, 0.29) is 6.09 Å². The van der Waals surface area contributed by atoms with E-state index in [1.807, 2.05) is 25.7 Å². The molecule has 0 bridgehead atoms. The van der Waals surface area contributed by atoms with Crippen LogP contribution in [0.5, 0.6) is 0 Å². The number of carbonyl (C=O) groups excluding carboxylic acids is 1. The maximum Gasteiger partial charge on any atom is 0.410 e. The third kappa shape index (κ3) is 2.63. The van der Waals surface area contributed by atoms with Crippen LogP contribution < -0.4 is 5.73 Å². The van der Waals surface area contributed by atoms with E-state index in [9.17, 15) is 4.79 Å². The zero-order valence-corrected chi connectivity index (χ0v) is 12.0. The Balaban J connectivity index is 1.88. The van der Waals surface area contributed by atoms with Crippen LogP contribution in [-0.2, 0) is 4.74 Å². The molecule has 2 aliphatic rings. The van der Waals surface area contributed by atoms with Gasteiger partial charge in [-0.05, 0) is 57.4 Å². The molecule has 1 heterocycles. The maximum absolute atomic E-state index is 12.0. The minimum atomic E-state index is -0.402. The largest absolute Gasteiger partial charge is 0.444 e. The molecular weight excluding hydrogens is 228 g/mol. The summed E-state index contributed by atoms with van der Waals surface area (Å²) in [5.74, 6) is 1.28. The summed E-state index contributed by atoms with van der Waals surface area (Å²) in [6.45, 7) is 10.4. The van der Waals surface area contributed by atoms with Crippen molar-refractivity contribution in [3.05, 3.63) is 0 Å². The predicted molar refractivity (Wildman–Crippen MR) is 71.2 cm³/mol. The second-order valence-electron chi connectivity index (χ2n) is 7.04. The molecule has 1 aliphatic heterocycles. The van der Waals surface area contributed by atoms with E-state index in [1.54, 1.807) is 0 Å². The van der Waals surface area contributed by atoms with Crippen molar-refractivity contribution >= 4 is 6.09 Å². The highest BCUT2D eigenvalue weighted by Crippen LogP contribution is 2.61. The highest BCUT2D eigenvalue weighted by Gasteiger charge is 2.59. The van der Waals surface area contributed by atoms with Crippen molar-refractivity contribution in [2.24, 2.45) is 23.0 Å². The van der Waals surface area contributed by atoms with Crippen LogP contribution >= 0.6 is 0 Å². The molecule has 1 amide bonds. The van der Waals surface area contributed by atoms with Gasteiger partial charge in [0.2, 0.25) is 0 Å². The SMILES string of the molecule is CC(CN)C1CC12CCN(C(=O)OC(C)(C)C)C2. The van der Waals surface area contributed by atoms with Crippen LogP contribution in [0.15, 0.2) is 0 Å². The first-order valence-corrected chi connectivity index (χ1v) is 6.95. The number of nitrogens with zero attached hydrogens (tertiary/aromatic N) is 1. The lowest BCUT2D eigenvalue weighted by Gasteiger charge is -2.24. The lowest BCUT2D eigenvalue weighted by molar-refractivity contribution is 0.0283. The van der Waals surface area contributed by atoms with E-state index in [1.165, 1.54) is 6.42 Å². The van der Waals surface area contributed by atoms with Crippen LogP contribution in [0, 0.1) is 17.3 Å². The Labute approximate surface area is 110 Å². The second-order valence-corrected chi connectivity index (χ2v) is 7.04. The number of amides is 1. The summed E-state index contributed by atoms with van der Waals surface area (Å²) in [5.41, 5.74) is 5.69. The first-order valence-electron chi connectivity index (χ1n) is 6.95. The minimum Gasteiger partial charge on any atom is -0.444 e. The van der Waals surface area contributed by atoms with Crippen molar-refractivity contribution < 1.29 is 9.53 Å². The Kier molecular flexibility index (Phi) is 3.34. The smallest absolute Gasteiger partial charge is 0.410 e. The molecule has 3 unspecified atom stereocenters. The van der Waals surface area contributed by atoms with Crippen molar-refractivity contribution in [2.45, 2.75) is 46.1 Å². The van der Waals surface area contributed by atoms with Gasteiger partial charge in [0.15, 0.2) is 0 Å². The topological polar surface area (TPSA) is 55.6 Å². The molecule has 4 heteroatoms. The van der Waals surface area contributed by atoms with Gasteiger partial charge in [-0.25, -0.2) is 4.79 Å². The summed E-state index contributed by atoms with van der Waals surface area (Å²) >= 11 is 0. The van der Waals surface area contributed by atoms with Gasteiger partial charge in [-0.3, -0.25) is 0 Å². The fraction of sp³-hybridized carbons (Fsp3) is 0.929. The van der Waals surface area contributed by atoms with Crippen LogP contribution in [0.25, 0.3) is 0 Å². The van der Waals surface area contributed by atoms with E-state index in [0.717, 1.165) is 26.1 Å². The molecule has 0 aromatic rings. The molecular formula is C14H26N2O2. The molecule has 4 nitrogen and oxygen atoms in total. The number of likely N-dealkylation sites (tertiary alicyclic amines) is 1. The molecule has 18 heavy (non-hydrogen) atoms. The number of ether oxygens (including phenoxy) is 1. The van der Waals surface area contributed by atoms with Crippen molar-refractivity contribution in [2.75, 3.05) is 19.6 Å². The average molecular weight is 254 g/mol. The summed E-state index contributed by atoms with van der Waals surface area (Å²) in [4.78, 5) is 13.9. The van der Waals surface area contributed by atoms with Gasteiger partial charge in [-0.1, -0.05) is 6.92 Å². The summed E-state index contributed by atoms with van der Waals surface area (Å²) < 4.78 is 5.43. The molecule has 1 saturated heterocycles. The molecule has 2 rings (SSSR count). The van der Waals surface area contributed by atoms with Crippen molar-refractivity contribution in [1.29, 1.82) is 0 Å². The molecule has 3 atom stereocenters. The van der Waals surface area contributed by atoms with Crippen molar-refractivity contribution in [3.63, 3.8) is 0 Å². The average Bonchev–Trinajstić information content (AvgIpc) is 2.76. The fourth-order valence-electron chi connectivity index (χ4n) is 3.20. The summed E-state index contributed by atoms with van der Waals surface area (Å²) in [5, 5.41) is 0. The first kappa shape index (κ1) is 13.7. The quantitative estimate of drug-likeness (QED) is 0.822. The van der Waals surface area contributed by atoms with Crippen LogP contribution in [0.3, 0.4) is 0 Å². The highest BCUT2D eigenvalue weighted by molar-refractivity contribution is 5.68. The number of carbonyl (C=O) groups is 1. The minimum absolute atomic E-state index is 0.162. The lowest BCUT2D eigenvalue weighted by atomic mass is 9.95. The molecule has 0 aromatic carbocycles. The number of rotatable bonds is 2. The van der Waals surface area contributed by atoms with Crippen LogP contribution in [0.4, 0.5) is 4.79 Å². The Bertz CT molecular complexity index is 337. The number of hydrogen-bond donors (Lipinski definition) is 1. The third-order valence-electron chi connectivity index (χ3n) is 4.35. The van der Waals surface area contributed by atoms with Gasteiger partial charge in [-0.2, -0.15) is 0 Å². The standard InChI is InChI=1S/C14H26N2O2/c1-10(8-15)11-7-14(11)5-6-16(9-14)12(17)18-13(2,3)4/h10-11H,5-9,15H2,1-4H3. The monoisotopic (exact) mass is 254 g/mol. The zero-order valence-electron chi connectivity index (χ0n) is 12.0. The Morgan fingerprint density at radius 2 is 2.22 bits per heavy atom. The van der Waals surface area contributed by atoms with E-state index in [4.69, 9.17) is 10.5 Å². The van der Waals surface area contributed by atoms with Crippen LogP contribution in [0.2, 0.25) is 0 Å². The normalized spacial score (nSPS) is 32.7. The van der Waals surface area contributed by atoms with Gasteiger partial charge >= 0.3 is 6.09 Å². The van der Waals surface area contributed by atoms with E-state index in [2.05, 4.69) is 6.92 Å². The molecule has 2 fully saturated rings. The van der Waals surface area contributed by atoms with Crippen LogP contribution in [0.1, 0.15) is 40.5 Å². The summed E-state index contributed by atoms with van der Waals surface area (Å²) in [6.07, 6.45) is 2.18. The first-order chi connectivity index (χ1) is 8.27. The molecule has 1 saturated carbocycles. The van der Waals surface area contributed by atoms with Crippen LogP contribution in [-0.4, -0.2) is 36.2 Å². The number of nitrogens with two attached hydrogens (primary N) is 1. The van der Waals surface area contributed by atoms with Gasteiger partial charge < -0.3 is 15.4 Å². The molecule has 2 N–H and O–H groups in total. The maximum atomic E-state index is 12.0. The molecule has 1 spiro atoms. The van der Waals surface area contributed by atoms with Gasteiger partial charge in [0.25, 0.3) is 0 Å². The summed E-state index contributed by atoms with van der Waals surface area (Å²) in [6, 6.07) is 0. The zero-order chi connectivity index (χ0) is 13.6. The van der Waals surface area contributed by atoms with Crippen molar-refractivity contribution in [1.82, 2.24) is 4.90 Å². The third-order valence-corrected chi connectivity index (χ3v) is 4.35. The Morgan fingerprint density at radius 3 is 2.78 bits per heavy atom. The van der Waals surface area contributed by atoms with Crippen molar-refractivity contribution in [3.8, 4) is 0 Å². The molecule has 1 aliphatic carbocycles. The molecule has 0 radical (unpaired) electrons. The number of hydrogen-bond acceptors (Lipinski definition) is 3. The van der Waals surface area contributed by atoms with Gasteiger partial charge in [0.1, 0.15) is 5.60 Å². The Hall–Kier alpha value is -0.770. The van der Waals surface area contributed by atoms with E-state index >= 15 is 0 Å². The predicted octanol–water partition coefficient (Wildman–Crippen LogP) is 2.23. The van der Waals surface area contributed by atoms with Gasteiger partial charge in [0.05, 0.1) is 0 Å². The lowest BCUT2D eigenvalue weighted by Crippen LogP contribution is -2.35. The summed E-state index contributed by atoms with van der Waals surface area (Å²) in [7, 11) is 0. The van der Waals surface area contributed by atoms with Gasteiger partial charge in [-0.15, -0.1) is 0 Å². The molecule has 0 aromatic heterocycles. The fourth-order valence-corrected chi connectivity index (χ4v) is 3.20. The second kappa shape index (κ2) is 4.41. The Morgan fingerprint density at radius 1 is 1.56 bits per heavy atom. The van der Waals surface area contributed by atoms with Gasteiger partial charge in [0, 0.05) is 13.1 Å². The highest BCUT2D eigenvalue weighted by atomic mass is 16.6. The van der Waals surface area contributed by atoms with E-state index in [0.29, 0.717) is 17.3 Å².